The molecule has 4 heteroatoms. The van der Waals surface area contributed by atoms with Crippen molar-refractivity contribution in [2.45, 2.75) is 13.3 Å². The van der Waals surface area contributed by atoms with Gasteiger partial charge in [-0.05, 0) is 71.2 Å². The van der Waals surface area contributed by atoms with Crippen LogP contribution in [0.25, 0.3) is 17.2 Å². The van der Waals surface area contributed by atoms with Crippen LogP contribution in [0.3, 0.4) is 0 Å². The van der Waals surface area contributed by atoms with Crippen LogP contribution < -0.4 is 4.74 Å². The molecule has 1 aliphatic rings. The number of hydrogen-bond donors (Lipinski definition) is 1. The van der Waals surface area contributed by atoms with Crippen molar-refractivity contribution < 1.29 is 19.0 Å². The minimum Gasteiger partial charge on any atom is -0.481 e. The van der Waals surface area contributed by atoms with E-state index in [1.165, 1.54) is 6.07 Å². The van der Waals surface area contributed by atoms with Crippen LogP contribution in [-0.2, 0) is 4.79 Å². The number of carboxylic acid groups (broad SMARTS) is 1. The second-order valence-corrected chi connectivity index (χ2v) is 6.88. The third-order valence-corrected chi connectivity index (χ3v) is 4.94. The molecule has 29 heavy (non-hydrogen) atoms. The summed E-state index contributed by atoms with van der Waals surface area (Å²) in [5.74, 6) is 0.0523. The maximum absolute atomic E-state index is 14.5. The normalized spacial score (nSPS) is 14.2. The summed E-state index contributed by atoms with van der Waals surface area (Å²) in [6.07, 6.45) is 1.73. The number of ether oxygens (including phenoxy) is 1. The van der Waals surface area contributed by atoms with Crippen LogP contribution in [0.5, 0.6) is 11.5 Å². The van der Waals surface area contributed by atoms with Gasteiger partial charge < -0.3 is 9.84 Å². The summed E-state index contributed by atoms with van der Waals surface area (Å²) in [4.78, 5) is 11.3. The van der Waals surface area contributed by atoms with Gasteiger partial charge in [0, 0.05) is 5.56 Å². The monoisotopic (exact) mass is 386 g/mol. The van der Waals surface area contributed by atoms with E-state index in [4.69, 9.17) is 4.74 Å². The van der Waals surface area contributed by atoms with Crippen LogP contribution >= 0.6 is 0 Å². The van der Waals surface area contributed by atoms with Gasteiger partial charge in [-0.3, -0.25) is 4.79 Å². The Bertz CT molecular complexity index is 1140. The fourth-order valence-electron chi connectivity index (χ4n) is 3.62. The van der Waals surface area contributed by atoms with Gasteiger partial charge >= 0.3 is 5.97 Å². The molecule has 0 amide bonds. The number of fused-ring (bicyclic) bond motifs is 1. The molecule has 0 atom stereocenters. The Morgan fingerprint density at radius 1 is 1.00 bits per heavy atom. The third kappa shape index (κ3) is 3.83. The Morgan fingerprint density at radius 3 is 2.48 bits per heavy atom. The van der Waals surface area contributed by atoms with Gasteiger partial charge in [-0.25, -0.2) is 4.39 Å². The highest BCUT2D eigenvalue weighted by Crippen LogP contribution is 2.44. The Morgan fingerprint density at radius 2 is 1.72 bits per heavy atom. The smallest absolute Gasteiger partial charge is 0.307 e. The Kier molecular flexibility index (Phi) is 5.00. The number of para-hydroxylation sites is 1. The molecule has 144 valence electrons. The van der Waals surface area contributed by atoms with Gasteiger partial charge in [0.2, 0.25) is 0 Å². The number of halogens is 1. The van der Waals surface area contributed by atoms with Crippen LogP contribution in [0, 0.1) is 5.82 Å². The van der Waals surface area contributed by atoms with Crippen molar-refractivity contribution in [1.82, 2.24) is 0 Å². The minimum absolute atomic E-state index is 0.214. The molecule has 1 aliphatic carbocycles. The summed E-state index contributed by atoms with van der Waals surface area (Å²) in [5.41, 5.74) is 4.12. The zero-order valence-electron chi connectivity index (χ0n) is 15.9. The van der Waals surface area contributed by atoms with Crippen molar-refractivity contribution in [2.24, 2.45) is 0 Å². The number of hydrogen-bond acceptors (Lipinski definition) is 2. The lowest BCUT2D eigenvalue weighted by atomic mass is 10.0. The Balaban J connectivity index is 1.75. The predicted octanol–water partition coefficient (Wildman–Crippen LogP) is 6.42. The maximum atomic E-state index is 14.5. The van der Waals surface area contributed by atoms with Crippen LogP contribution in [0.2, 0.25) is 0 Å². The van der Waals surface area contributed by atoms with E-state index in [0.29, 0.717) is 22.4 Å². The van der Waals surface area contributed by atoms with Crippen molar-refractivity contribution in [2.75, 3.05) is 0 Å². The van der Waals surface area contributed by atoms with Gasteiger partial charge in [-0.1, -0.05) is 42.5 Å². The number of benzene rings is 3. The van der Waals surface area contributed by atoms with Crippen molar-refractivity contribution in [3.63, 3.8) is 0 Å². The molecule has 0 aromatic heterocycles. The van der Waals surface area contributed by atoms with Crippen molar-refractivity contribution in [3.8, 4) is 11.5 Å². The SMILES string of the molecule is CC1=C(CC(=O)O)c2c(F)cccc2/C1=C\c1cccc(Oc2ccccc2)c1. The molecule has 0 aliphatic heterocycles. The van der Waals surface area contributed by atoms with Gasteiger partial charge in [0.25, 0.3) is 0 Å². The summed E-state index contributed by atoms with van der Waals surface area (Å²) in [6.45, 7) is 1.84. The molecule has 0 spiro atoms. The van der Waals surface area contributed by atoms with Crippen LogP contribution in [0.4, 0.5) is 4.39 Å². The van der Waals surface area contributed by atoms with Gasteiger partial charge in [-0.2, -0.15) is 0 Å². The highest BCUT2D eigenvalue weighted by molar-refractivity contribution is 6.07. The quantitative estimate of drug-likeness (QED) is 0.550. The highest BCUT2D eigenvalue weighted by Gasteiger charge is 2.27. The number of carbonyl (C=O) groups is 1. The molecule has 0 heterocycles. The summed E-state index contributed by atoms with van der Waals surface area (Å²) in [5, 5.41) is 9.27. The number of allylic oxidation sites excluding steroid dienone is 2. The largest absolute Gasteiger partial charge is 0.481 e. The number of rotatable bonds is 5. The summed E-state index contributed by atoms with van der Waals surface area (Å²) < 4.78 is 20.4. The Labute approximate surface area is 168 Å². The first-order valence-corrected chi connectivity index (χ1v) is 9.29. The minimum atomic E-state index is -0.979. The standard InChI is InChI=1S/C25H19FO3/c1-16-21(20-11-6-12-23(26)25(20)22(16)15-24(27)28)14-17-7-5-10-19(13-17)29-18-8-3-2-4-9-18/h2-14H,15H2,1H3,(H,27,28)/b21-14-. The molecule has 4 rings (SSSR count). The van der Waals surface area contributed by atoms with E-state index < -0.39 is 11.8 Å². The average molecular weight is 386 g/mol. The zero-order chi connectivity index (χ0) is 20.4. The topological polar surface area (TPSA) is 46.5 Å². The average Bonchev–Trinajstić information content (AvgIpc) is 2.95. The first kappa shape index (κ1) is 18.7. The fourth-order valence-corrected chi connectivity index (χ4v) is 3.62. The van der Waals surface area contributed by atoms with Crippen molar-refractivity contribution in [1.29, 1.82) is 0 Å². The van der Waals surface area contributed by atoms with Crippen molar-refractivity contribution >= 4 is 23.2 Å². The van der Waals surface area contributed by atoms with E-state index in [1.54, 1.807) is 6.07 Å². The molecule has 3 aromatic carbocycles. The summed E-state index contributed by atoms with van der Waals surface area (Å²) in [6, 6.07) is 21.9. The molecule has 0 fully saturated rings. The molecule has 0 saturated heterocycles. The molecular formula is C25H19FO3. The first-order chi connectivity index (χ1) is 14.0. The van der Waals surface area contributed by atoms with E-state index >= 15 is 0 Å². The van der Waals surface area contributed by atoms with E-state index in [-0.39, 0.29) is 6.42 Å². The fraction of sp³-hybridized carbons (Fsp3) is 0.0800. The molecule has 1 N–H and O–H groups in total. The first-order valence-electron chi connectivity index (χ1n) is 9.29. The molecule has 0 unspecified atom stereocenters. The summed E-state index contributed by atoms with van der Waals surface area (Å²) in [7, 11) is 0. The van der Waals surface area contributed by atoms with Crippen LogP contribution in [-0.4, -0.2) is 11.1 Å². The maximum Gasteiger partial charge on any atom is 0.307 e. The molecular weight excluding hydrogens is 367 g/mol. The van der Waals surface area contributed by atoms with Crippen molar-refractivity contribution in [3.05, 3.63) is 101 Å². The van der Waals surface area contributed by atoms with Gasteiger partial charge in [0.1, 0.15) is 17.3 Å². The second kappa shape index (κ2) is 7.76. The highest BCUT2D eigenvalue weighted by atomic mass is 19.1. The van der Waals surface area contributed by atoms with Crippen LogP contribution in [0.1, 0.15) is 30.0 Å². The lowest BCUT2D eigenvalue weighted by Crippen LogP contribution is -1.98. The van der Waals surface area contributed by atoms with E-state index in [1.807, 2.05) is 73.7 Å². The molecule has 3 nitrogen and oxygen atoms in total. The zero-order valence-corrected chi connectivity index (χ0v) is 15.9. The van der Waals surface area contributed by atoms with E-state index in [9.17, 15) is 14.3 Å². The predicted molar refractivity (Wildman–Crippen MR) is 112 cm³/mol. The van der Waals surface area contributed by atoms with E-state index in [2.05, 4.69) is 0 Å². The Hall–Kier alpha value is -3.66. The molecule has 3 aromatic rings. The second-order valence-electron chi connectivity index (χ2n) is 6.88. The van der Waals surface area contributed by atoms with Gasteiger partial charge in [0.15, 0.2) is 0 Å². The molecule has 0 radical (unpaired) electrons. The number of aliphatic carboxylic acids is 1. The third-order valence-electron chi connectivity index (χ3n) is 4.94. The lowest BCUT2D eigenvalue weighted by Gasteiger charge is -2.08. The summed E-state index contributed by atoms with van der Waals surface area (Å²) >= 11 is 0. The molecule has 0 saturated carbocycles. The molecule has 0 bridgehead atoms. The van der Waals surface area contributed by atoms with Gasteiger partial charge in [-0.15, -0.1) is 0 Å². The lowest BCUT2D eigenvalue weighted by molar-refractivity contribution is -0.135. The van der Waals surface area contributed by atoms with Crippen LogP contribution in [0.15, 0.2) is 78.4 Å². The van der Waals surface area contributed by atoms with Gasteiger partial charge in [0.05, 0.1) is 6.42 Å². The number of carboxylic acids is 1. The van der Waals surface area contributed by atoms with E-state index in [0.717, 1.165) is 22.5 Å².